The molecule has 3 rings (SSSR count). The molecule has 21 heavy (non-hydrogen) atoms. The Balaban J connectivity index is 1.73. The molecule has 0 bridgehead atoms. The molecule has 1 amide bonds. The maximum atomic E-state index is 14.1. The second-order valence-electron chi connectivity index (χ2n) is 5.46. The zero-order valence-electron chi connectivity index (χ0n) is 11.6. The van der Waals surface area contributed by atoms with Crippen molar-refractivity contribution in [3.8, 4) is 5.75 Å². The first-order chi connectivity index (χ1) is 10.1. The van der Waals surface area contributed by atoms with Gasteiger partial charge in [0, 0.05) is 5.56 Å². The fourth-order valence-corrected chi connectivity index (χ4v) is 3.00. The Kier molecular flexibility index (Phi) is 4.03. The molecule has 0 saturated carbocycles. The second kappa shape index (κ2) is 5.95. The van der Waals surface area contributed by atoms with Crippen LogP contribution in [0.5, 0.6) is 5.75 Å². The molecule has 2 saturated heterocycles. The molecular weight excluding hydrogens is 277 g/mol. The lowest BCUT2D eigenvalue weighted by Crippen LogP contribution is -2.51. The highest BCUT2D eigenvalue weighted by molar-refractivity contribution is 5.68. The predicted octanol–water partition coefficient (Wildman–Crippen LogP) is 1.26. The number of carbonyl (C=O) groups excluding carboxylic acids is 1. The van der Waals surface area contributed by atoms with Crippen LogP contribution < -0.4 is 10.5 Å². The molecule has 0 unspecified atom stereocenters. The van der Waals surface area contributed by atoms with E-state index < -0.39 is 11.9 Å². The summed E-state index contributed by atoms with van der Waals surface area (Å²) in [6.45, 7) is 3.33. The van der Waals surface area contributed by atoms with Gasteiger partial charge in [-0.15, -0.1) is 0 Å². The van der Waals surface area contributed by atoms with Crippen LogP contribution in [0.1, 0.15) is 24.3 Å². The lowest BCUT2D eigenvalue weighted by Gasteiger charge is -2.41. The molecule has 7 heteroatoms. The average Bonchev–Trinajstić information content (AvgIpc) is 2.38. The van der Waals surface area contributed by atoms with Crippen molar-refractivity contribution in [1.82, 2.24) is 9.88 Å². The van der Waals surface area contributed by atoms with E-state index in [9.17, 15) is 9.18 Å². The van der Waals surface area contributed by atoms with Crippen molar-refractivity contribution in [1.29, 1.82) is 0 Å². The Labute approximate surface area is 122 Å². The van der Waals surface area contributed by atoms with E-state index in [4.69, 9.17) is 15.2 Å². The number of halogens is 1. The summed E-state index contributed by atoms with van der Waals surface area (Å²) in [5.74, 6) is -0.299. The number of primary amides is 1. The first kappa shape index (κ1) is 14.2. The zero-order valence-corrected chi connectivity index (χ0v) is 11.6. The van der Waals surface area contributed by atoms with E-state index >= 15 is 0 Å². The predicted molar refractivity (Wildman–Crippen MR) is 72.6 cm³/mol. The van der Waals surface area contributed by atoms with Gasteiger partial charge in [0.1, 0.15) is 5.82 Å². The molecule has 2 aliphatic heterocycles. The third-order valence-corrected chi connectivity index (χ3v) is 4.19. The first-order valence-electron chi connectivity index (χ1n) is 7.07. The van der Waals surface area contributed by atoms with Crippen LogP contribution in [0.3, 0.4) is 0 Å². The third-order valence-electron chi connectivity index (χ3n) is 4.19. The standard InChI is InChI=1S/C14H18FN3O3/c15-11-5-17-6-12(21-14(16)19)13(11)9-1-3-18(4-2-9)10-7-20-8-10/h5-6,9-10H,1-4,7-8H2,(H2,16,19). The Bertz CT molecular complexity index is 528. The number of amides is 1. The van der Waals surface area contributed by atoms with Crippen LogP contribution in [0.4, 0.5) is 9.18 Å². The highest BCUT2D eigenvalue weighted by Crippen LogP contribution is 2.36. The van der Waals surface area contributed by atoms with E-state index in [2.05, 4.69) is 9.88 Å². The normalized spacial score (nSPS) is 21.0. The Hall–Kier alpha value is -1.73. The Morgan fingerprint density at radius 2 is 2.10 bits per heavy atom. The van der Waals surface area contributed by atoms with E-state index in [0.717, 1.165) is 45.3 Å². The number of likely N-dealkylation sites (tertiary alicyclic amines) is 1. The summed E-state index contributed by atoms with van der Waals surface area (Å²) in [6.07, 6.45) is 3.16. The minimum Gasteiger partial charge on any atom is -0.408 e. The number of piperidine rings is 1. The van der Waals surface area contributed by atoms with Crippen molar-refractivity contribution < 1.29 is 18.7 Å². The molecule has 1 aromatic rings. The molecule has 1 aromatic heterocycles. The number of nitrogens with two attached hydrogens (primary N) is 1. The number of hydrogen-bond acceptors (Lipinski definition) is 5. The molecule has 0 radical (unpaired) electrons. The van der Waals surface area contributed by atoms with Crippen molar-refractivity contribution in [2.75, 3.05) is 26.3 Å². The Morgan fingerprint density at radius 3 is 2.67 bits per heavy atom. The molecule has 114 valence electrons. The van der Waals surface area contributed by atoms with Crippen LogP contribution >= 0.6 is 0 Å². The van der Waals surface area contributed by atoms with Crippen LogP contribution in [0, 0.1) is 5.82 Å². The minimum absolute atomic E-state index is 0.0135. The molecule has 2 fully saturated rings. The van der Waals surface area contributed by atoms with Crippen molar-refractivity contribution in [2.24, 2.45) is 5.73 Å². The van der Waals surface area contributed by atoms with E-state index in [1.54, 1.807) is 0 Å². The Morgan fingerprint density at radius 1 is 1.38 bits per heavy atom. The van der Waals surface area contributed by atoms with E-state index in [-0.39, 0.29) is 11.7 Å². The number of hydrogen-bond donors (Lipinski definition) is 1. The maximum absolute atomic E-state index is 14.1. The number of ether oxygens (including phenoxy) is 2. The molecule has 2 N–H and O–H groups in total. The molecule has 2 aliphatic rings. The number of aromatic nitrogens is 1. The SMILES string of the molecule is NC(=O)Oc1cncc(F)c1C1CCN(C2COC2)CC1. The minimum atomic E-state index is -0.951. The largest absolute Gasteiger partial charge is 0.410 e. The number of rotatable bonds is 3. The summed E-state index contributed by atoms with van der Waals surface area (Å²) in [4.78, 5) is 17.0. The van der Waals surface area contributed by atoms with Gasteiger partial charge in [0.2, 0.25) is 0 Å². The molecule has 6 nitrogen and oxygen atoms in total. The highest BCUT2D eigenvalue weighted by Gasteiger charge is 2.32. The molecule has 0 aromatic carbocycles. The van der Waals surface area contributed by atoms with E-state index in [1.807, 2.05) is 0 Å². The molecular formula is C14H18FN3O3. The molecule has 0 atom stereocenters. The fourth-order valence-electron chi connectivity index (χ4n) is 3.00. The van der Waals surface area contributed by atoms with Crippen molar-refractivity contribution in [3.63, 3.8) is 0 Å². The van der Waals surface area contributed by atoms with Crippen LogP contribution in [-0.4, -0.2) is 48.3 Å². The van der Waals surface area contributed by atoms with Gasteiger partial charge in [-0.3, -0.25) is 9.88 Å². The van der Waals surface area contributed by atoms with Gasteiger partial charge in [-0.25, -0.2) is 9.18 Å². The monoisotopic (exact) mass is 295 g/mol. The summed E-state index contributed by atoms with van der Waals surface area (Å²) in [7, 11) is 0. The highest BCUT2D eigenvalue weighted by atomic mass is 19.1. The summed E-state index contributed by atoms with van der Waals surface area (Å²) in [5.41, 5.74) is 5.44. The lowest BCUT2D eigenvalue weighted by atomic mass is 9.88. The maximum Gasteiger partial charge on any atom is 0.410 e. The van der Waals surface area contributed by atoms with Crippen molar-refractivity contribution in [2.45, 2.75) is 24.8 Å². The molecule has 0 spiro atoms. The summed E-state index contributed by atoms with van der Waals surface area (Å²) in [5, 5.41) is 0. The van der Waals surface area contributed by atoms with Gasteiger partial charge in [0.15, 0.2) is 5.75 Å². The number of pyridine rings is 1. The van der Waals surface area contributed by atoms with Gasteiger partial charge < -0.3 is 15.2 Å². The topological polar surface area (TPSA) is 77.7 Å². The van der Waals surface area contributed by atoms with Crippen molar-refractivity contribution in [3.05, 3.63) is 23.8 Å². The summed E-state index contributed by atoms with van der Waals surface area (Å²) >= 11 is 0. The smallest absolute Gasteiger partial charge is 0.408 e. The fraction of sp³-hybridized carbons (Fsp3) is 0.571. The molecule has 3 heterocycles. The van der Waals surface area contributed by atoms with E-state index in [0.29, 0.717) is 11.6 Å². The average molecular weight is 295 g/mol. The lowest BCUT2D eigenvalue weighted by molar-refractivity contribution is -0.0713. The summed E-state index contributed by atoms with van der Waals surface area (Å²) < 4.78 is 24.2. The third kappa shape index (κ3) is 2.98. The second-order valence-corrected chi connectivity index (χ2v) is 5.46. The van der Waals surface area contributed by atoms with Crippen LogP contribution in [0.25, 0.3) is 0 Å². The van der Waals surface area contributed by atoms with Crippen LogP contribution in [-0.2, 0) is 4.74 Å². The number of nitrogens with zero attached hydrogens (tertiary/aromatic N) is 2. The van der Waals surface area contributed by atoms with E-state index in [1.165, 1.54) is 6.20 Å². The van der Waals surface area contributed by atoms with Crippen molar-refractivity contribution >= 4 is 6.09 Å². The van der Waals surface area contributed by atoms with Gasteiger partial charge in [0.25, 0.3) is 0 Å². The number of carbonyl (C=O) groups is 1. The quantitative estimate of drug-likeness (QED) is 0.908. The van der Waals surface area contributed by atoms with Gasteiger partial charge in [-0.1, -0.05) is 0 Å². The van der Waals surface area contributed by atoms with Gasteiger partial charge in [-0.05, 0) is 31.8 Å². The van der Waals surface area contributed by atoms with Crippen LogP contribution in [0.2, 0.25) is 0 Å². The zero-order chi connectivity index (χ0) is 14.8. The van der Waals surface area contributed by atoms with Gasteiger partial charge in [-0.2, -0.15) is 0 Å². The first-order valence-corrected chi connectivity index (χ1v) is 7.07. The van der Waals surface area contributed by atoms with Gasteiger partial charge in [0.05, 0.1) is 31.6 Å². The van der Waals surface area contributed by atoms with Crippen LogP contribution in [0.15, 0.2) is 12.4 Å². The summed E-state index contributed by atoms with van der Waals surface area (Å²) in [6, 6.07) is 0.495. The van der Waals surface area contributed by atoms with Gasteiger partial charge >= 0.3 is 6.09 Å². The molecule has 0 aliphatic carbocycles.